The second kappa shape index (κ2) is 9.03. The second-order valence-corrected chi connectivity index (χ2v) is 5.44. The number of nitrogens with zero attached hydrogens (tertiary/aromatic N) is 2. The fourth-order valence-electron chi connectivity index (χ4n) is 2.29. The number of hydrogen-bond donors (Lipinski definition) is 1. The second-order valence-electron chi connectivity index (χ2n) is 5.44. The van der Waals surface area contributed by atoms with E-state index in [-0.39, 0.29) is 11.9 Å². The topological polar surface area (TPSA) is 28.2 Å². The van der Waals surface area contributed by atoms with Gasteiger partial charge in [0.1, 0.15) is 5.82 Å². The maximum atomic E-state index is 12.9. The lowest BCUT2D eigenvalue weighted by Gasteiger charge is -2.26. The van der Waals surface area contributed by atoms with Crippen LogP contribution in [-0.2, 0) is 0 Å². The molecule has 1 rings (SSSR count). The Hall–Kier alpha value is -1.00. The molecule has 0 aromatic carbocycles. The van der Waals surface area contributed by atoms with Gasteiger partial charge < -0.3 is 10.2 Å². The van der Waals surface area contributed by atoms with Crippen LogP contribution in [0, 0.1) is 11.7 Å². The summed E-state index contributed by atoms with van der Waals surface area (Å²) in [5, 5.41) is 3.27. The summed E-state index contributed by atoms with van der Waals surface area (Å²) >= 11 is 0. The van der Waals surface area contributed by atoms with Crippen LogP contribution in [0.3, 0.4) is 0 Å². The number of aromatic nitrogens is 1. The van der Waals surface area contributed by atoms with Crippen molar-refractivity contribution in [3.8, 4) is 0 Å². The molecule has 1 aromatic rings. The maximum absolute atomic E-state index is 12.9. The van der Waals surface area contributed by atoms with Crippen LogP contribution >= 0.6 is 0 Å². The molecule has 114 valence electrons. The fourth-order valence-corrected chi connectivity index (χ4v) is 2.29. The van der Waals surface area contributed by atoms with Gasteiger partial charge in [-0.15, -0.1) is 0 Å². The largest absolute Gasteiger partial charge is 0.312 e. The summed E-state index contributed by atoms with van der Waals surface area (Å²) in [6, 6.07) is 3.42. The highest BCUT2D eigenvalue weighted by Gasteiger charge is 2.14. The van der Waals surface area contributed by atoms with Gasteiger partial charge in [0.15, 0.2) is 0 Å². The Morgan fingerprint density at radius 2 is 2.10 bits per heavy atom. The van der Waals surface area contributed by atoms with Crippen molar-refractivity contribution < 1.29 is 4.39 Å². The third kappa shape index (κ3) is 5.55. The summed E-state index contributed by atoms with van der Waals surface area (Å²) in [5.41, 5.74) is 0.911. The van der Waals surface area contributed by atoms with Crippen LogP contribution < -0.4 is 5.32 Å². The molecule has 20 heavy (non-hydrogen) atoms. The van der Waals surface area contributed by atoms with Crippen molar-refractivity contribution >= 4 is 0 Å². The molecular formula is C16H28FN3. The van der Waals surface area contributed by atoms with E-state index in [2.05, 4.69) is 36.0 Å². The molecule has 1 aromatic heterocycles. The van der Waals surface area contributed by atoms with Gasteiger partial charge in [-0.2, -0.15) is 0 Å². The average Bonchev–Trinajstić information content (AvgIpc) is 2.47. The summed E-state index contributed by atoms with van der Waals surface area (Å²) in [4.78, 5) is 6.65. The van der Waals surface area contributed by atoms with Gasteiger partial charge in [-0.3, -0.25) is 4.98 Å². The molecule has 0 aliphatic rings. The van der Waals surface area contributed by atoms with E-state index in [0.29, 0.717) is 0 Å². The predicted octanol–water partition coefficient (Wildman–Crippen LogP) is 3.24. The Morgan fingerprint density at radius 1 is 1.35 bits per heavy atom. The van der Waals surface area contributed by atoms with Crippen LogP contribution in [0.25, 0.3) is 0 Å². The zero-order chi connectivity index (χ0) is 15.0. The van der Waals surface area contributed by atoms with E-state index in [0.717, 1.165) is 37.7 Å². The van der Waals surface area contributed by atoms with Crippen LogP contribution in [0.15, 0.2) is 18.3 Å². The Balaban J connectivity index is 2.53. The molecule has 0 fully saturated rings. The number of halogens is 1. The van der Waals surface area contributed by atoms with E-state index < -0.39 is 0 Å². The molecule has 4 heteroatoms. The molecule has 0 aliphatic carbocycles. The molecule has 1 N–H and O–H groups in total. The maximum Gasteiger partial charge on any atom is 0.141 e. The van der Waals surface area contributed by atoms with Crippen molar-refractivity contribution in [2.75, 3.05) is 26.7 Å². The summed E-state index contributed by atoms with van der Waals surface area (Å²) in [6.07, 6.45) is 3.49. The van der Waals surface area contributed by atoms with Crippen LogP contribution in [0.1, 0.15) is 45.3 Å². The van der Waals surface area contributed by atoms with E-state index in [1.54, 1.807) is 6.07 Å². The molecule has 0 aliphatic heterocycles. The minimum atomic E-state index is -0.282. The lowest BCUT2D eigenvalue weighted by molar-refractivity contribution is 0.233. The summed E-state index contributed by atoms with van der Waals surface area (Å²) in [5.74, 6) is 0.447. The molecule has 0 saturated carbocycles. The molecule has 0 spiro atoms. The van der Waals surface area contributed by atoms with Crippen LogP contribution in [0.5, 0.6) is 0 Å². The zero-order valence-electron chi connectivity index (χ0n) is 13.2. The van der Waals surface area contributed by atoms with Crippen molar-refractivity contribution in [3.05, 3.63) is 29.8 Å². The molecule has 0 amide bonds. The van der Waals surface area contributed by atoms with E-state index >= 15 is 0 Å². The summed E-state index contributed by atoms with van der Waals surface area (Å²) in [7, 11) is 1.93. The number of nitrogens with one attached hydrogen (secondary N) is 1. The molecule has 0 saturated heterocycles. The number of pyridine rings is 1. The monoisotopic (exact) mass is 281 g/mol. The van der Waals surface area contributed by atoms with Gasteiger partial charge in [0.05, 0.1) is 17.9 Å². The summed E-state index contributed by atoms with van der Waals surface area (Å²) < 4.78 is 12.9. The molecule has 2 atom stereocenters. The quantitative estimate of drug-likeness (QED) is 0.753. The van der Waals surface area contributed by atoms with Crippen molar-refractivity contribution in [2.24, 2.45) is 5.92 Å². The highest BCUT2D eigenvalue weighted by atomic mass is 19.1. The predicted molar refractivity (Wildman–Crippen MR) is 82.2 cm³/mol. The smallest absolute Gasteiger partial charge is 0.141 e. The minimum absolute atomic E-state index is 0.182. The van der Waals surface area contributed by atoms with E-state index in [9.17, 15) is 4.39 Å². The van der Waals surface area contributed by atoms with E-state index in [1.807, 2.05) is 7.05 Å². The lowest BCUT2D eigenvalue weighted by Crippen LogP contribution is -2.32. The Labute approximate surface area is 122 Å². The Bertz CT molecular complexity index is 366. The average molecular weight is 281 g/mol. The molecule has 0 radical (unpaired) electrons. The van der Waals surface area contributed by atoms with Gasteiger partial charge in [0, 0.05) is 6.54 Å². The molecule has 3 nitrogen and oxygen atoms in total. The first-order valence-electron chi connectivity index (χ1n) is 7.61. The third-order valence-electron chi connectivity index (χ3n) is 3.90. The summed E-state index contributed by atoms with van der Waals surface area (Å²) in [6.45, 7) is 9.97. The third-order valence-corrected chi connectivity index (χ3v) is 3.90. The van der Waals surface area contributed by atoms with E-state index in [1.165, 1.54) is 18.7 Å². The highest BCUT2D eigenvalue weighted by molar-refractivity contribution is 5.09. The first-order valence-corrected chi connectivity index (χ1v) is 7.61. The molecule has 0 bridgehead atoms. The van der Waals surface area contributed by atoms with E-state index in [4.69, 9.17) is 0 Å². The van der Waals surface area contributed by atoms with Crippen LogP contribution in [0.4, 0.5) is 4.39 Å². The normalized spacial score (nSPS) is 14.5. The van der Waals surface area contributed by atoms with Crippen LogP contribution in [0.2, 0.25) is 0 Å². The van der Waals surface area contributed by atoms with Gasteiger partial charge >= 0.3 is 0 Å². The van der Waals surface area contributed by atoms with Gasteiger partial charge in [-0.1, -0.05) is 27.2 Å². The van der Waals surface area contributed by atoms with Crippen molar-refractivity contribution in [1.29, 1.82) is 0 Å². The van der Waals surface area contributed by atoms with Gasteiger partial charge in [0.2, 0.25) is 0 Å². The Morgan fingerprint density at radius 3 is 2.60 bits per heavy atom. The number of rotatable bonds is 9. The Kier molecular flexibility index (Phi) is 7.70. The fraction of sp³-hybridized carbons (Fsp3) is 0.688. The van der Waals surface area contributed by atoms with Crippen LogP contribution in [-0.4, -0.2) is 36.6 Å². The molecular weight excluding hydrogens is 253 g/mol. The van der Waals surface area contributed by atoms with Gasteiger partial charge in [-0.05, 0) is 44.6 Å². The van der Waals surface area contributed by atoms with Gasteiger partial charge in [0.25, 0.3) is 0 Å². The van der Waals surface area contributed by atoms with Crippen molar-refractivity contribution in [1.82, 2.24) is 15.2 Å². The standard InChI is InChI=1S/C16H28FN3/c1-5-13(3)12-20(6-2)10-9-15(18-4)16-8-7-14(17)11-19-16/h7-8,11,13,15,18H,5-6,9-10,12H2,1-4H3. The molecule has 1 heterocycles. The number of hydrogen-bond acceptors (Lipinski definition) is 3. The minimum Gasteiger partial charge on any atom is -0.312 e. The SMILES string of the molecule is CCC(C)CN(CC)CCC(NC)c1ccc(F)cn1. The first kappa shape index (κ1) is 17.1. The first-order chi connectivity index (χ1) is 9.60. The highest BCUT2D eigenvalue weighted by Crippen LogP contribution is 2.15. The molecule has 2 unspecified atom stereocenters. The zero-order valence-corrected chi connectivity index (χ0v) is 13.2. The van der Waals surface area contributed by atoms with Crippen molar-refractivity contribution in [2.45, 2.75) is 39.7 Å². The van der Waals surface area contributed by atoms with Gasteiger partial charge in [-0.25, -0.2) is 4.39 Å². The lowest BCUT2D eigenvalue weighted by atomic mass is 10.1. The van der Waals surface area contributed by atoms with Crippen molar-refractivity contribution in [3.63, 3.8) is 0 Å².